The number of carbonyl (C=O) groups excluding carboxylic acids is 2. The van der Waals surface area contributed by atoms with Crippen molar-refractivity contribution < 1.29 is 14.3 Å². The first-order valence-electron chi connectivity index (χ1n) is 4.94. The van der Waals surface area contributed by atoms with E-state index < -0.39 is 5.91 Å². The molecule has 0 unspecified atom stereocenters. The van der Waals surface area contributed by atoms with Crippen molar-refractivity contribution in [3.63, 3.8) is 0 Å². The van der Waals surface area contributed by atoms with Crippen LogP contribution in [0.4, 0.5) is 5.69 Å². The lowest BCUT2D eigenvalue weighted by molar-refractivity contribution is -0.124. The number of anilines is 1. The third-order valence-corrected chi connectivity index (χ3v) is 2.01. The molecule has 1 amide bonds. The van der Waals surface area contributed by atoms with Gasteiger partial charge in [0.25, 0.3) is 0 Å². The summed E-state index contributed by atoms with van der Waals surface area (Å²) in [6.07, 6.45) is -0.177. The van der Waals surface area contributed by atoms with E-state index in [1.54, 1.807) is 12.1 Å². The summed E-state index contributed by atoms with van der Waals surface area (Å²) in [4.78, 5) is 22.2. The maximum absolute atomic E-state index is 11.4. The minimum Gasteiger partial charge on any atom is -0.495 e. The smallest absolute Gasteiger partial charge is 0.231 e. The van der Waals surface area contributed by atoms with Crippen LogP contribution in [0.3, 0.4) is 0 Å². The van der Waals surface area contributed by atoms with Gasteiger partial charge >= 0.3 is 0 Å². The molecule has 0 spiro atoms. The minimum absolute atomic E-state index is 0.177. The number of benzene rings is 1. The van der Waals surface area contributed by atoms with Crippen molar-refractivity contribution in [3.05, 3.63) is 23.8 Å². The quantitative estimate of drug-likeness (QED) is 0.797. The van der Waals surface area contributed by atoms with Crippen LogP contribution in [0.25, 0.3) is 0 Å². The summed E-state index contributed by atoms with van der Waals surface area (Å²) >= 11 is 0. The average molecular weight is 232 g/mol. The number of methoxy groups -OCH3 is 1. The number of nitrogens with zero attached hydrogens (tertiary/aromatic N) is 1. The van der Waals surface area contributed by atoms with Crippen molar-refractivity contribution in [1.82, 2.24) is 0 Å². The van der Waals surface area contributed by atoms with Crippen molar-refractivity contribution in [2.45, 2.75) is 13.3 Å². The molecule has 0 saturated heterocycles. The fourth-order valence-corrected chi connectivity index (χ4v) is 1.28. The number of nitriles is 1. The van der Waals surface area contributed by atoms with E-state index in [1.165, 1.54) is 20.1 Å². The van der Waals surface area contributed by atoms with E-state index >= 15 is 0 Å². The number of hydrogen-bond acceptors (Lipinski definition) is 4. The Balaban J connectivity index is 2.88. The highest BCUT2D eigenvalue weighted by molar-refractivity contribution is 6.04. The summed E-state index contributed by atoms with van der Waals surface area (Å²) in [7, 11) is 1.44. The van der Waals surface area contributed by atoms with Gasteiger partial charge in [-0.25, -0.2) is 0 Å². The van der Waals surface area contributed by atoms with Crippen LogP contribution in [0.2, 0.25) is 0 Å². The van der Waals surface area contributed by atoms with Crippen molar-refractivity contribution in [2.75, 3.05) is 12.4 Å². The van der Waals surface area contributed by atoms with E-state index in [2.05, 4.69) is 5.32 Å². The number of hydrogen-bond donors (Lipinski definition) is 1. The Morgan fingerprint density at radius 2 is 2.18 bits per heavy atom. The lowest BCUT2D eigenvalue weighted by Crippen LogP contribution is -2.15. The zero-order valence-corrected chi connectivity index (χ0v) is 9.61. The molecule has 0 heterocycles. The van der Waals surface area contributed by atoms with Gasteiger partial charge in [0.1, 0.15) is 11.5 Å². The molecule has 17 heavy (non-hydrogen) atoms. The summed E-state index contributed by atoms with van der Waals surface area (Å²) in [6, 6.07) is 6.61. The average Bonchev–Trinajstić information content (AvgIpc) is 2.28. The van der Waals surface area contributed by atoms with E-state index in [-0.39, 0.29) is 12.2 Å². The molecule has 1 aromatic rings. The molecule has 0 atom stereocenters. The molecule has 5 nitrogen and oxygen atoms in total. The molecule has 0 saturated carbocycles. The zero-order chi connectivity index (χ0) is 12.8. The van der Waals surface area contributed by atoms with Gasteiger partial charge in [-0.2, -0.15) is 5.26 Å². The van der Waals surface area contributed by atoms with E-state index in [1.807, 2.05) is 6.07 Å². The molecule has 0 fully saturated rings. The normalized spacial score (nSPS) is 9.24. The van der Waals surface area contributed by atoms with Crippen LogP contribution in [0.1, 0.15) is 18.9 Å². The Bertz CT molecular complexity index is 489. The molecule has 0 aliphatic heterocycles. The van der Waals surface area contributed by atoms with Crippen LogP contribution in [0.5, 0.6) is 5.75 Å². The van der Waals surface area contributed by atoms with Gasteiger partial charge < -0.3 is 10.1 Å². The maximum Gasteiger partial charge on any atom is 0.231 e. The third-order valence-electron chi connectivity index (χ3n) is 2.01. The summed E-state index contributed by atoms with van der Waals surface area (Å²) in [5, 5.41) is 11.3. The van der Waals surface area contributed by atoms with Gasteiger partial charge in [-0.1, -0.05) is 0 Å². The third kappa shape index (κ3) is 3.61. The number of ether oxygens (including phenoxy) is 1. The number of rotatable bonds is 4. The Morgan fingerprint density at radius 1 is 1.47 bits per heavy atom. The highest BCUT2D eigenvalue weighted by Crippen LogP contribution is 2.25. The second kappa shape index (κ2) is 5.66. The molecule has 0 aliphatic rings. The molecule has 1 N–H and O–H groups in total. The molecule has 0 aromatic heterocycles. The molecule has 1 aromatic carbocycles. The Hall–Kier alpha value is -2.35. The van der Waals surface area contributed by atoms with Gasteiger partial charge in [0, 0.05) is 6.07 Å². The van der Waals surface area contributed by atoms with Gasteiger partial charge in [0.05, 0.1) is 30.9 Å². The monoisotopic (exact) mass is 232 g/mol. The zero-order valence-electron chi connectivity index (χ0n) is 9.61. The number of ketones is 1. The standard InChI is InChI=1S/C12H12N2O3/c1-8(15)5-12(16)14-10-4-3-9(7-13)6-11(10)17-2/h3-4,6H,5H2,1-2H3,(H,14,16). The van der Waals surface area contributed by atoms with Gasteiger partial charge in [-0.05, 0) is 19.1 Å². The van der Waals surface area contributed by atoms with Crippen LogP contribution in [-0.4, -0.2) is 18.8 Å². The lowest BCUT2D eigenvalue weighted by Gasteiger charge is -2.09. The first kappa shape index (κ1) is 12.7. The predicted octanol–water partition coefficient (Wildman–Crippen LogP) is 1.48. The highest BCUT2D eigenvalue weighted by atomic mass is 16.5. The Morgan fingerprint density at radius 3 is 2.71 bits per heavy atom. The Kier molecular flexibility index (Phi) is 4.23. The molecule has 0 aliphatic carbocycles. The molecule has 1 rings (SSSR count). The summed E-state index contributed by atoms with van der Waals surface area (Å²) < 4.78 is 5.04. The van der Waals surface area contributed by atoms with Crippen LogP contribution in [-0.2, 0) is 9.59 Å². The van der Waals surface area contributed by atoms with Crippen LogP contribution >= 0.6 is 0 Å². The fraction of sp³-hybridized carbons (Fsp3) is 0.250. The molecular formula is C12H12N2O3. The lowest BCUT2D eigenvalue weighted by atomic mass is 10.2. The molecule has 5 heteroatoms. The van der Waals surface area contributed by atoms with Crippen molar-refractivity contribution in [3.8, 4) is 11.8 Å². The fourth-order valence-electron chi connectivity index (χ4n) is 1.28. The molecule has 0 bridgehead atoms. The largest absolute Gasteiger partial charge is 0.495 e. The number of nitrogens with one attached hydrogen (secondary N) is 1. The molecule has 88 valence electrons. The molecular weight excluding hydrogens is 220 g/mol. The number of Topliss-reactive ketones (excluding diaryl/α,β-unsaturated/α-hetero) is 1. The van der Waals surface area contributed by atoms with E-state index in [0.29, 0.717) is 17.0 Å². The number of carbonyl (C=O) groups is 2. The number of amides is 1. The van der Waals surface area contributed by atoms with E-state index in [9.17, 15) is 9.59 Å². The van der Waals surface area contributed by atoms with Gasteiger partial charge in [0.2, 0.25) is 5.91 Å². The van der Waals surface area contributed by atoms with Crippen molar-refractivity contribution >= 4 is 17.4 Å². The SMILES string of the molecule is COc1cc(C#N)ccc1NC(=O)CC(C)=O. The second-order valence-corrected chi connectivity index (χ2v) is 3.45. The minimum atomic E-state index is -0.402. The summed E-state index contributed by atoms with van der Waals surface area (Å²) in [6.45, 7) is 1.34. The molecule has 0 radical (unpaired) electrons. The van der Waals surface area contributed by atoms with Gasteiger partial charge in [0.15, 0.2) is 0 Å². The Labute approximate surface area is 99.0 Å². The van der Waals surface area contributed by atoms with Gasteiger partial charge in [-0.3, -0.25) is 9.59 Å². The van der Waals surface area contributed by atoms with E-state index in [4.69, 9.17) is 10.00 Å². The summed E-state index contributed by atoms with van der Waals surface area (Å²) in [5.41, 5.74) is 0.879. The maximum atomic E-state index is 11.4. The van der Waals surface area contributed by atoms with Crippen molar-refractivity contribution in [2.24, 2.45) is 0 Å². The van der Waals surface area contributed by atoms with Crippen LogP contribution < -0.4 is 10.1 Å². The van der Waals surface area contributed by atoms with E-state index in [0.717, 1.165) is 0 Å². The van der Waals surface area contributed by atoms with Gasteiger partial charge in [-0.15, -0.1) is 0 Å². The topological polar surface area (TPSA) is 79.2 Å². The first-order chi connectivity index (χ1) is 8.06. The second-order valence-electron chi connectivity index (χ2n) is 3.45. The summed E-state index contributed by atoms with van der Waals surface area (Å²) in [5.74, 6) is -0.225. The van der Waals surface area contributed by atoms with Crippen molar-refractivity contribution in [1.29, 1.82) is 5.26 Å². The first-order valence-corrected chi connectivity index (χ1v) is 4.94. The highest BCUT2D eigenvalue weighted by Gasteiger charge is 2.09. The van der Waals surface area contributed by atoms with Crippen LogP contribution in [0, 0.1) is 11.3 Å². The predicted molar refractivity (Wildman–Crippen MR) is 61.6 cm³/mol. The van der Waals surface area contributed by atoms with Crippen LogP contribution in [0.15, 0.2) is 18.2 Å².